The molecule has 66 valence electrons. The van der Waals surface area contributed by atoms with Gasteiger partial charge in [0.05, 0.1) is 0 Å². The van der Waals surface area contributed by atoms with Crippen molar-refractivity contribution >= 4 is 0 Å². The van der Waals surface area contributed by atoms with Gasteiger partial charge in [-0.05, 0) is 6.42 Å². The van der Waals surface area contributed by atoms with Crippen molar-refractivity contribution in [3.05, 3.63) is 0 Å². The Balaban J connectivity index is 2.48. The van der Waals surface area contributed by atoms with Gasteiger partial charge in [0, 0.05) is 12.6 Å². The van der Waals surface area contributed by atoms with Crippen molar-refractivity contribution in [2.75, 3.05) is 6.54 Å². The molecule has 0 aromatic carbocycles. The van der Waals surface area contributed by atoms with E-state index in [1.165, 1.54) is 0 Å². The van der Waals surface area contributed by atoms with Crippen LogP contribution in [0.3, 0.4) is 0 Å². The van der Waals surface area contributed by atoms with E-state index in [0.29, 0.717) is 11.3 Å². The van der Waals surface area contributed by atoms with Crippen LogP contribution in [-0.2, 0) is 0 Å². The summed E-state index contributed by atoms with van der Waals surface area (Å²) in [6.45, 7) is 1.79. The third kappa shape index (κ3) is 1.47. The first-order valence-corrected chi connectivity index (χ1v) is 3.42. The van der Waals surface area contributed by atoms with Crippen molar-refractivity contribution in [2.45, 2.75) is 31.9 Å². The highest BCUT2D eigenvalue weighted by Gasteiger charge is 2.56. The van der Waals surface area contributed by atoms with Gasteiger partial charge >= 0.3 is 12.5 Å². The van der Waals surface area contributed by atoms with Crippen molar-refractivity contribution in [1.82, 2.24) is 4.90 Å². The predicted octanol–water partition coefficient (Wildman–Crippen LogP) is 1.94. The van der Waals surface area contributed by atoms with Crippen LogP contribution in [-0.4, -0.2) is 30.0 Å². The molecule has 0 bridgehead atoms. The normalized spacial score (nSPS) is 31.1. The Bertz CT molecular complexity index is 148. The third-order valence-electron chi connectivity index (χ3n) is 1.83. The average molecular weight is 171 g/mol. The molecule has 0 N–H and O–H groups in total. The highest BCUT2D eigenvalue weighted by Crippen LogP contribution is 2.37. The smallest absolute Gasteiger partial charge is 0.234 e. The van der Waals surface area contributed by atoms with Gasteiger partial charge < -0.3 is 0 Å². The average Bonchev–Trinajstić information content (AvgIpc) is 2.65. The molecule has 2 unspecified atom stereocenters. The second-order valence-electron chi connectivity index (χ2n) is 2.60. The number of alkyl halides is 4. The first-order valence-electron chi connectivity index (χ1n) is 3.42. The van der Waals surface area contributed by atoms with Crippen molar-refractivity contribution in [3.63, 3.8) is 0 Å². The van der Waals surface area contributed by atoms with E-state index in [0.717, 1.165) is 0 Å². The lowest BCUT2D eigenvalue weighted by Crippen LogP contribution is -2.36. The molecular formula is C6H9F4N. The molecule has 0 amide bonds. The second-order valence-corrected chi connectivity index (χ2v) is 2.60. The topological polar surface area (TPSA) is 3.01 Å². The SMILES string of the molecule is CCC1CN1C(F)(F)C(F)F. The van der Waals surface area contributed by atoms with Crippen LogP contribution in [0.25, 0.3) is 0 Å². The highest BCUT2D eigenvalue weighted by atomic mass is 19.3. The van der Waals surface area contributed by atoms with E-state index in [1.807, 2.05) is 0 Å². The molecule has 1 aliphatic rings. The Morgan fingerprint density at radius 1 is 1.55 bits per heavy atom. The zero-order valence-electron chi connectivity index (χ0n) is 6.03. The number of halogens is 4. The number of hydrogen-bond acceptors (Lipinski definition) is 1. The van der Waals surface area contributed by atoms with Crippen molar-refractivity contribution in [3.8, 4) is 0 Å². The molecule has 1 fully saturated rings. The van der Waals surface area contributed by atoms with E-state index < -0.39 is 12.5 Å². The van der Waals surface area contributed by atoms with Gasteiger partial charge in [-0.3, -0.25) is 0 Å². The maximum absolute atomic E-state index is 12.3. The predicted molar refractivity (Wildman–Crippen MR) is 31.7 cm³/mol. The van der Waals surface area contributed by atoms with Gasteiger partial charge in [-0.2, -0.15) is 8.78 Å². The Morgan fingerprint density at radius 2 is 2.09 bits per heavy atom. The second kappa shape index (κ2) is 2.62. The molecular weight excluding hydrogens is 162 g/mol. The standard InChI is InChI=1S/C6H9F4N/c1-2-4-3-11(4)6(9,10)5(7)8/h4-5H,2-3H2,1H3. The van der Waals surface area contributed by atoms with E-state index in [4.69, 9.17) is 0 Å². The largest absolute Gasteiger partial charge is 0.365 e. The van der Waals surface area contributed by atoms with Crippen molar-refractivity contribution in [1.29, 1.82) is 0 Å². The van der Waals surface area contributed by atoms with Crippen LogP contribution in [0.15, 0.2) is 0 Å². The molecule has 0 aromatic rings. The summed E-state index contributed by atoms with van der Waals surface area (Å²) in [4.78, 5) is 0.525. The molecule has 11 heavy (non-hydrogen) atoms. The van der Waals surface area contributed by atoms with Crippen LogP contribution >= 0.6 is 0 Å². The summed E-state index contributed by atoms with van der Waals surface area (Å²) in [7, 11) is 0. The molecule has 0 spiro atoms. The minimum atomic E-state index is -3.92. The van der Waals surface area contributed by atoms with Gasteiger partial charge in [-0.1, -0.05) is 6.92 Å². The maximum Gasteiger partial charge on any atom is 0.365 e. The van der Waals surface area contributed by atoms with E-state index in [1.54, 1.807) is 6.92 Å². The fraction of sp³-hybridized carbons (Fsp3) is 1.00. The molecule has 0 radical (unpaired) electrons. The van der Waals surface area contributed by atoms with Gasteiger partial charge in [-0.25, -0.2) is 13.7 Å². The summed E-state index contributed by atoms with van der Waals surface area (Å²) in [6.07, 6.45) is -3.07. The van der Waals surface area contributed by atoms with Gasteiger partial charge in [-0.15, -0.1) is 0 Å². The molecule has 0 aliphatic carbocycles. The minimum Gasteiger partial charge on any atom is -0.234 e. The quantitative estimate of drug-likeness (QED) is 0.356. The molecule has 0 saturated carbocycles. The number of nitrogens with zero attached hydrogens (tertiary/aromatic N) is 1. The number of hydrogen-bond donors (Lipinski definition) is 0. The Labute approximate surface area is 62.0 Å². The summed E-state index contributed by atoms with van der Waals surface area (Å²) < 4.78 is 47.9. The summed E-state index contributed by atoms with van der Waals surface area (Å²) in [6, 6.07) is -4.26. The van der Waals surface area contributed by atoms with Gasteiger partial charge in [0.2, 0.25) is 0 Å². The fourth-order valence-corrected chi connectivity index (χ4v) is 1.02. The lowest BCUT2D eigenvalue weighted by Gasteiger charge is -2.16. The zero-order valence-corrected chi connectivity index (χ0v) is 6.03. The molecule has 1 saturated heterocycles. The van der Waals surface area contributed by atoms with Crippen molar-refractivity contribution in [2.24, 2.45) is 0 Å². The lowest BCUT2D eigenvalue weighted by atomic mass is 10.4. The molecule has 0 aromatic heterocycles. The van der Waals surface area contributed by atoms with Gasteiger partial charge in [0.15, 0.2) is 0 Å². The van der Waals surface area contributed by atoms with Crippen LogP contribution in [0.2, 0.25) is 0 Å². The highest BCUT2D eigenvalue weighted by molar-refractivity contribution is 4.94. The third-order valence-corrected chi connectivity index (χ3v) is 1.83. The van der Waals surface area contributed by atoms with Crippen LogP contribution in [0.5, 0.6) is 0 Å². The van der Waals surface area contributed by atoms with E-state index >= 15 is 0 Å². The first-order chi connectivity index (χ1) is 5.00. The maximum atomic E-state index is 12.3. The molecule has 1 nitrogen and oxygen atoms in total. The Hall–Kier alpha value is -0.320. The molecule has 5 heteroatoms. The van der Waals surface area contributed by atoms with Gasteiger partial charge in [0.1, 0.15) is 0 Å². The summed E-state index contributed by atoms with van der Waals surface area (Å²) in [5.41, 5.74) is 0. The molecule has 1 aliphatic heterocycles. The molecule has 1 rings (SSSR count). The number of rotatable bonds is 3. The van der Waals surface area contributed by atoms with Crippen LogP contribution in [0, 0.1) is 0 Å². The monoisotopic (exact) mass is 171 g/mol. The Kier molecular flexibility index (Phi) is 2.09. The molecule has 1 heterocycles. The van der Waals surface area contributed by atoms with E-state index in [2.05, 4.69) is 0 Å². The minimum absolute atomic E-state index is 0.0911. The first kappa shape index (κ1) is 8.77. The van der Waals surface area contributed by atoms with Crippen LogP contribution in [0.4, 0.5) is 17.6 Å². The summed E-state index contributed by atoms with van der Waals surface area (Å²) >= 11 is 0. The van der Waals surface area contributed by atoms with Crippen molar-refractivity contribution < 1.29 is 17.6 Å². The van der Waals surface area contributed by atoms with E-state index in [9.17, 15) is 17.6 Å². The molecule has 2 atom stereocenters. The zero-order chi connectivity index (χ0) is 8.65. The van der Waals surface area contributed by atoms with Crippen LogP contribution < -0.4 is 0 Å². The summed E-state index contributed by atoms with van der Waals surface area (Å²) in [5, 5.41) is 0. The Morgan fingerprint density at radius 3 is 2.36 bits per heavy atom. The van der Waals surface area contributed by atoms with Gasteiger partial charge in [0.25, 0.3) is 0 Å². The lowest BCUT2D eigenvalue weighted by molar-refractivity contribution is -0.193. The fourth-order valence-electron chi connectivity index (χ4n) is 1.02. The van der Waals surface area contributed by atoms with Crippen LogP contribution in [0.1, 0.15) is 13.3 Å². The van der Waals surface area contributed by atoms with E-state index in [-0.39, 0.29) is 12.6 Å². The summed E-state index contributed by atoms with van der Waals surface area (Å²) in [5.74, 6) is 0.